The molecule has 2 N–H and O–H groups in total. The third-order valence-electron chi connectivity index (χ3n) is 3.21. The highest BCUT2D eigenvalue weighted by molar-refractivity contribution is 5.48. The minimum absolute atomic E-state index is 0.0720. The van der Waals surface area contributed by atoms with Crippen molar-refractivity contribution in [3.63, 3.8) is 0 Å². The molecule has 1 aromatic carbocycles. The van der Waals surface area contributed by atoms with Crippen LogP contribution in [0.5, 0.6) is 11.5 Å². The normalized spacial score (nSPS) is 19.2. The van der Waals surface area contributed by atoms with Gasteiger partial charge in [-0.05, 0) is 26.0 Å². The molecule has 2 rings (SSSR count). The van der Waals surface area contributed by atoms with Crippen LogP contribution in [-0.4, -0.2) is 31.0 Å². The van der Waals surface area contributed by atoms with Crippen LogP contribution in [0.25, 0.3) is 0 Å². The first-order valence-electron chi connectivity index (χ1n) is 6.34. The highest BCUT2D eigenvalue weighted by Crippen LogP contribution is 2.34. The van der Waals surface area contributed by atoms with E-state index in [1.54, 1.807) is 7.11 Å². The van der Waals surface area contributed by atoms with Gasteiger partial charge in [-0.3, -0.25) is 0 Å². The lowest BCUT2D eigenvalue weighted by molar-refractivity contribution is 0.249. The molecular formula is C14H21NO3. The fraction of sp³-hybridized carbons (Fsp3) is 0.571. The average molecular weight is 251 g/mol. The van der Waals surface area contributed by atoms with Gasteiger partial charge >= 0.3 is 0 Å². The highest BCUT2D eigenvalue weighted by Gasteiger charge is 2.21. The second kappa shape index (κ2) is 5.59. The number of hydrogen-bond donors (Lipinski definition) is 2. The fourth-order valence-electron chi connectivity index (χ4n) is 2.16. The summed E-state index contributed by atoms with van der Waals surface area (Å²) >= 11 is 0. The lowest BCUT2D eigenvalue weighted by atomic mass is 10.1. The van der Waals surface area contributed by atoms with E-state index in [4.69, 9.17) is 14.6 Å². The Bertz CT molecular complexity index is 420. The van der Waals surface area contributed by atoms with E-state index >= 15 is 0 Å². The summed E-state index contributed by atoms with van der Waals surface area (Å²) in [6.45, 7) is 4.80. The molecule has 1 heterocycles. The van der Waals surface area contributed by atoms with E-state index in [9.17, 15) is 0 Å². The van der Waals surface area contributed by atoms with Crippen molar-refractivity contribution >= 4 is 0 Å². The molecule has 0 saturated heterocycles. The van der Waals surface area contributed by atoms with E-state index < -0.39 is 0 Å². The molecule has 0 amide bonds. The Hall–Kier alpha value is -1.26. The Morgan fingerprint density at radius 2 is 2.33 bits per heavy atom. The van der Waals surface area contributed by atoms with Gasteiger partial charge in [-0.1, -0.05) is 0 Å². The van der Waals surface area contributed by atoms with Crippen molar-refractivity contribution in [1.82, 2.24) is 5.32 Å². The van der Waals surface area contributed by atoms with Crippen LogP contribution in [0.15, 0.2) is 12.1 Å². The number of aliphatic hydroxyl groups is 1. The van der Waals surface area contributed by atoms with Gasteiger partial charge in [0.2, 0.25) is 0 Å². The fourth-order valence-corrected chi connectivity index (χ4v) is 2.16. The number of rotatable bonds is 5. The molecule has 0 spiro atoms. The quantitative estimate of drug-likeness (QED) is 0.832. The van der Waals surface area contributed by atoms with Crippen LogP contribution in [0.3, 0.4) is 0 Å². The number of fused-ring (bicyclic) bond motifs is 1. The zero-order chi connectivity index (χ0) is 13.1. The largest absolute Gasteiger partial charge is 0.496 e. The summed E-state index contributed by atoms with van der Waals surface area (Å²) in [5.41, 5.74) is 2.27. The first kappa shape index (κ1) is 13.2. The summed E-state index contributed by atoms with van der Waals surface area (Å²) in [5, 5.41) is 12.3. The van der Waals surface area contributed by atoms with E-state index in [1.807, 2.05) is 13.0 Å². The van der Waals surface area contributed by atoms with Crippen molar-refractivity contribution in [2.45, 2.75) is 39.0 Å². The molecule has 0 aliphatic carbocycles. The van der Waals surface area contributed by atoms with Crippen LogP contribution in [0.4, 0.5) is 0 Å². The van der Waals surface area contributed by atoms with E-state index in [1.165, 1.54) is 5.56 Å². The number of methoxy groups -OCH3 is 1. The van der Waals surface area contributed by atoms with Gasteiger partial charge in [0.15, 0.2) is 0 Å². The first-order chi connectivity index (χ1) is 8.63. The van der Waals surface area contributed by atoms with Gasteiger partial charge in [0.05, 0.1) is 13.7 Å². The Morgan fingerprint density at radius 3 is 3.00 bits per heavy atom. The molecule has 1 aliphatic heterocycles. The van der Waals surface area contributed by atoms with Gasteiger partial charge in [-0.15, -0.1) is 0 Å². The number of hydrogen-bond acceptors (Lipinski definition) is 4. The number of ether oxygens (including phenoxy) is 2. The van der Waals surface area contributed by atoms with Crippen molar-refractivity contribution < 1.29 is 14.6 Å². The van der Waals surface area contributed by atoms with Crippen LogP contribution < -0.4 is 14.8 Å². The van der Waals surface area contributed by atoms with E-state index in [2.05, 4.69) is 18.3 Å². The van der Waals surface area contributed by atoms with Crippen molar-refractivity contribution in [1.29, 1.82) is 0 Å². The van der Waals surface area contributed by atoms with E-state index in [0.717, 1.165) is 23.5 Å². The number of aliphatic hydroxyl groups excluding tert-OH is 1. The van der Waals surface area contributed by atoms with Gasteiger partial charge in [-0.25, -0.2) is 0 Å². The zero-order valence-electron chi connectivity index (χ0n) is 11.2. The maximum absolute atomic E-state index is 9.01. The molecule has 1 aromatic rings. The molecule has 4 nitrogen and oxygen atoms in total. The van der Waals surface area contributed by atoms with Crippen LogP contribution in [0, 0.1) is 0 Å². The van der Waals surface area contributed by atoms with E-state index in [-0.39, 0.29) is 18.8 Å². The summed E-state index contributed by atoms with van der Waals surface area (Å²) in [7, 11) is 1.68. The van der Waals surface area contributed by atoms with Gasteiger partial charge in [0.1, 0.15) is 17.6 Å². The monoisotopic (exact) mass is 251 g/mol. The number of benzene rings is 1. The Kier molecular flexibility index (Phi) is 4.09. The van der Waals surface area contributed by atoms with Gasteiger partial charge in [0.25, 0.3) is 0 Å². The molecular weight excluding hydrogens is 230 g/mol. The van der Waals surface area contributed by atoms with Crippen LogP contribution >= 0.6 is 0 Å². The Morgan fingerprint density at radius 1 is 1.56 bits per heavy atom. The van der Waals surface area contributed by atoms with Gasteiger partial charge < -0.3 is 19.9 Å². The maximum atomic E-state index is 9.01. The third kappa shape index (κ3) is 2.76. The summed E-state index contributed by atoms with van der Waals surface area (Å²) in [6, 6.07) is 4.16. The standard InChI is InChI=1S/C14H21NO3/c1-9(8-16)15-7-12-6-14-11(4-10(2)18-14)5-13(12)17-3/h5-6,9-10,15-16H,4,7-8H2,1-3H3/t9-,10?/m1/s1. The lowest BCUT2D eigenvalue weighted by Crippen LogP contribution is -2.28. The van der Waals surface area contributed by atoms with Crippen molar-refractivity contribution in [3.8, 4) is 11.5 Å². The van der Waals surface area contributed by atoms with Crippen molar-refractivity contribution in [2.24, 2.45) is 0 Å². The van der Waals surface area contributed by atoms with Crippen LogP contribution in [0.1, 0.15) is 25.0 Å². The predicted octanol–water partition coefficient (Wildman–Crippen LogP) is 1.49. The zero-order valence-corrected chi connectivity index (χ0v) is 11.2. The van der Waals surface area contributed by atoms with Crippen molar-refractivity contribution in [2.75, 3.05) is 13.7 Å². The molecule has 0 radical (unpaired) electrons. The van der Waals surface area contributed by atoms with Crippen molar-refractivity contribution in [3.05, 3.63) is 23.3 Å². The predicted molar refractivity (Wildman–Crippen MR) is 70.2 cm³/mol. The van der Waals surface area contributed by atoms with Gasteiger partial charge in [-0.2, -0.15) is 0 Å². The SMILES string of the molecule is COc1cc2c(cc1CN[C@H](C)CO)OC(C)C2. The molecule has 4 heteroatoms. The number of nitrogens with one attached hydrogen (secondary N) is 1. The summed E-state index contributed by atoms with van der Waals surface area (Å²) in [6.07, 6.45) is 1.18. The Labute approximate surface area is 108 Å². The Balaban J connectivity index is 2.17. The lowest BCUT2D eigenvalue weighted by Gasteiger charge is -2.14. The van der Waals surface area contributed by atoms with Gasteiger partial charge in [0, 0.05) is 30.1 Å². The second-order valence-electron chi connectivity index (χ2n) is 4.87. The second-order valence-corrected chi connectivity index (χ2v) is 4.87. The smallest absolute Gasteiger partial charge is 0.123 e. The molecule has 0 bridgehead atoms. The highest BCUT2D eigenvalue weighted by atomic mass is 16.5. The first-order valence-corrected chi connectivity index (χ1v) is 6.34. The summed E-state index contributed by atoms with van der Waals surface area (Å²) < 4.78 is 11.2. The molecule has 0 fully saturated rings. The molecule has 1 aliphatic rings. The topological polar surface area (TPSA) is 50.7 Å². The minimum Gasteiger partial charge on any atom is -0.496 e. The minimum atomic E-state index is 0.0720. The summed E-state index contributed by atoms with van der Waals surface area (Å²) in [5.74, 6) is 1.83. The van der Waals surface area contributed by atoms with Crippen LogP contribution in [-0.2, 0) is 13.0 Å². The molecule has 1 unspecified atom stereocenters. The summed E-state index contributed by atoms with van der Waals surface area (Å²) in [4.78, 5) is 0. The molecule has 100 valence electrons. The maximum Gasteiger partial charge on any atom is 0.123 e. The van der Waals surface area contributed by atoms with E-state index in [0.29, 0.717) is 6.54 Å². The molecule has 0 saturated carbocycles. The molecule has 18 heavy (non-hydrogen) atoms. The average Bonchev–Trinajstić information content (AvgIpc) is 2.73. The third-order valence-corrected chi connectivity index (χ3v) is 3.21. The van der Waals surface area contributed by atoms with Crippen LogP contribution in [0.2, 0.25) is 0 Å². The molecule has 0 aromatic heterocycles. The molecule has 2 atom stereocenters.